The van der Waals surface area contributed by atoms with Crippen molar-refractivity contribution in [2.45, 2.75) is 45.9 Å². The second-order valence-electron chi connectivity index (χ2n) is 7.91. The van der Waals surface area contributed by atoms with E-state index in [9.17, 15) is 4.79 Å². The first-order valence-electron chi connectivity index (χ1n) is 10.0. The molecular formula is C21H35IN4O4. The second kappa shape index (κ2) is 12.8. The molecule has 0 aliphatic carbocycles. The van der Waals surface area contributed by atoms with Crippen LogP contribution in [0.4, 0.5) is 4.79 Å². The number of likely N-dealkylation sites (tertiary alicyclic amines) is 1. The lowest BCUT2D eigenvalue weighted by Gasteiger charge is -2.40. The molecule has 1 aliphatic rings. The van der Waals surface area contributed by atoms with Crippen LogP contribution >= 0.6 is 24.0 Å². The van der Waals surface area contributed by atoms with Crippen molar-refractivity contribution in [3.8, 4) is 5.75 Å². The van der Waals surface area contributed by atoms with E-state index in [2.05, 4.69) is 15.6 Å². The zero-order valence-corrected chi connectivity index (χ0v) is 20.9. The standard InChI is InChI=1S/C21H34N4O4.HI/c1-6-22-19(24-17-14-25(15-17)20(26)29-21(2,3)4)23-13-16-7-9-18(10-8-16)28-12-11-27-5;/h7-10,17H,6,11-15H2,1-5H3,(H2,22,23,24);1H. The summed E-state index contributed by atoms with van der Waals surface area (Å²) in [6.45, 7) is 11.3. The van der Waals surface area contributed by atoms with Gasteiger partial charge in [0.1, 0.15) is 18.0 Å². The number of methoxy groups -OCH3 is 1. The lowest BCUT2D eigenvalue weighted by Crippen LogP contribution is -2.63. The van der Waals surface area contributed by atoms with Crippen LogP contribution < -0.4 is 15.4 Å². The molecule has 1 aliphatic heterocycles. The molecule has 0 saturated carbocycles. The van der Waals surface area contributed by atoms with E-state index >= 15 is 0 Å². The molecule has 0 spiro atoms. The van der Waals surface area contributed by atoms with Crippen LogP contribution in [-0.4, -0.2) is 68.6 Å². The van der Waals surface area contributed by atoms with Crippen molar-refractivity contribution < 1.29 is 19.0 Å². The van der Waals surface area contributed by atoms with Crippen molar-refractivity contribution >= 4 is 36.0 Å². The highest BCUT2D eigenvalue weighted by molar-refractivity contribution is 14.0. The fourth-order valence-electron chi connectivity index (χ4n) is 2.66. The molecule has 1 aromatic carbocycles. The molecule has 0 aromatic heterocycles. The number of ether oxygens (including phenoxy) is 3. The third-order valence-electron chi connectivity index (χ3n) is 4.12. The second-order valence-corrected chi connectivity index (χ2v) is 7.91. The number of amides is 1. The Morgan fingerprint density at radius 1 is 1.20 bits per heavy atom. The molecule has 1 aromatic rings. The van der Waals surface area contributed by atoms with Crippen molar-refractivity contribution in [3.63, 3.8) is 0 Å². The summed E-state index contributed by atoms with van der Waals surface area (Å²) >= 11 is 0. The van der Waals surface area contributed by atoms with E-state index in [-0.39, 0.29) is 36.1 Å². The molecule has 1 saturated heterocycles. The molecular weight excluding hydrogens is 499 g/mol. The Morgan fingerprint density at radius 2 is 1.87 bits per heavy atom. The number of nitrogens with zero attached hydrogens (tertiary/aromatic N) is 2. The molecule has 1 heterocycles. The van der Waals surface area contributed by atoms with Crippen LogP contribution in [-0.2, 0) is 16.0 Å². The Morgan fingerprint density at radius 3 is 2.43 bits per heavy atom. The summed E-state index contributed by atoms with van der Waals surface area (Å²) in [5.41, 5.74) is 0.612. The van der Waals surface area contributed by atoms with E-state index in [0.717, 1.165) is 23.8 Å². The average molecular weight is 534 g/mol. The minimum atomic E-state index is -0.476. The number of carbonyl (C=O) groups is 1. The third kappa shape index (κ3) is 9.38. The van der Waals surface area contributed by atoms with Crippen molar-refractivity contribution in [3.05, 3.63) is 29.8 Å². The summed E-state index contributed by atoms with van der Waals surface area (Å²) in [6.07, 6.45) is -0.273. The van der Waals surface area contributed by atoms with Gasteiger partial charge >= 0.3 is 6.09 Å². The van der Waals surface area contributed by atoms with Gasteiger partial charge in [0.25, 0.3) is 0 Å². The number of hydrogen-bond acceptors (Lipinski definition) is 5. The van der Waals surface area contributed by atoms with Crippen LogP contribution in [0.3, 0.4) is 0 Å². The summed E-state index contributed by atoms with van der Waals surface area (Å²) in [4.78, 5) is 18.4. The van der Waals surface area contributed by atoms with E-state index in [0.29, 0.717) is 32.8 Å². The SMILES string of the molecule is CCNC(=NCc1ccc(OCCOC)cc1)NC1CN(C(=O)OC(C)(C)C)C1.I. The summed E-state index contributed by atoms with van der Waals surface area (Å²) < 4.78 is 15.9. The predicted molar refractivity (Wildman–Crippen MR) is 129 cm³/mol. The molecule has 2 rings (SSSR count). The van der Waals surface area contributed by atoms with Gasteiger partial charge in [0, 0.05) is 26.7 Å². The highest BCUT2D eigenvalue weighted by Gasteiger charge is 2.34. The van der Waals surface area contributed by atoms with Crippen molar-refractivity contribution in [2.75, 3.05) is 40.0 Å². The third-order valence-corrected chi connectivity index (χ3v) is 4.12. The molecule has 170 valence electrons. The molecule has 2 N–H and O–H groups in total. The molecule has 9 heteroatoms. The maximum atomic E-state index is 12.0. The first-order chi connectivity index (χ1) is 13.8. The first kappa shape index (κ1) is 26.3. The van der Waals surface area contributed by atoms with Gasteiger partial charge in [0.05, 0.1) is 19.2 Å². The highest BCUT2D eigenvalue weighted by Crippen LogP contribution is 2.15. The van der Waals surface area contributed by atoms with Crippen LogP contribution in [0.25, 0.3) is 0 Å². The van der Waals surface area contributed by atoms with Gasteiger partial charge < -0.3 is 29.7 Å². The average Bonchev–Trinajstić information content (AvgIpc) is 2.62. The number of aliphatic imine (C=N–C) groups is 1. The highest BCUT2D eigenvalue weighted by atomic mass is 127. The summed E-state index contributed by atoms with van der Waals surface area (Å²) in [5.74, 6) is 1.55. The molecule has 1 fully saturated rings. The Hall–Kier alpha value is -1.75. The lowest BCUT2D eigenvalue weighted by atomic mass is 10.1. The number of benzene rings is 1. The zero-order valence-electron chi connectivity index (χ0n) is 18.6. The van der Waals surface area contributed by atoms with Crippen molar-refractivity contribution in [1.82, 2.24) is 15.5 Å². The van der Waals surface area contributed by atoms with E-state index in [1.807, 2.05) is 52.0 Å². The summed E-state index contributed by atoms with van der Waals surface area (Å²) in [6, 6.07) is 8.04. The Balaban J connectivity index is 0.00000450. The topological polar surface area (TPSA) is 84.4 Å². The molecule has 0 atom stereocenters. The lowest BCUT2D eigenvalue weighted by molar-refractivity contribution is 0.00700. The van der Waals surface area contributed by atoms with E-state index in [4.69, 9.17) is 14.2 Å². The van der Waals surface area contributed by atoms with Gasteiger partial charge in [-0.25, -0.2) is 9.79 Å². The van der Waals surface area contributed by atoms with Gasteiger partial charge in [-0.15, -0.1) is 24.0 Å². The smallest absolute Gasteiger partial charge is 0.410 e. The normalized spacial score (nSPS) is 14.4. The van der Waals surface area contributed by atoms with Gasteiger partial charge in [0.2, 0.25) is 0 Å². The van der Waals surface area contributed by atoms with Crippen LogP contribution in [0.15, 0.2) is 29.3 Å². The maximum Gasteiger partial charge on any atom is 0.410 e. The predicted octanol–water partition coefficient (Wildman–Crippen LogP) is 3.00. The maximum absolute atomic E-state index is 12.0. The molecule has 0 radical (unpaired) electrons. The van der Waals surface area contributed by atoms with Gasteiger partial charge in [-0.3, -0.25) is 0 Å². The van der Waals surface area contributed by atoms with E-state index in [1.165, 1.54) is 0 Å². The van der Waals surface area contributed by atoms with Crippen molar-refractivity contribution in [2.24, 2.45) is 4.99 Å². The van der Waals surface area contributed by atoms with Crippen molar-refractivity contribution in [1.29, 1.82) is 0 Å². The molecule has 1 amide bonds. The number of nitrogens with one attached hydrogen (secondary N) is 2. The molecule has 30 heavy (non-hydrogen) atoms. The quantitative estimate of drug-likeness (QED) is 0.231. The number of carbonyl (C=O) groups excluding carboxylic acids is 1. The van der Waals surface area contributed by atoms with Gasteiger partial charge in [0.15, 0.2) is 5.96 Å². The Kier molecular flexibility index (Phi) is 11.2. The first-order valence-corrected chi connectivity index (χ1v) is 10.0. The van der Waals surface area contributed by atoms with Gasteiger partial charge in [-0.2, -0.15) is 0 Å². The van der Waals surface area contributed by atoms with Crippen LogP contribution in [0.5, 0.6) is 5.75 Å². The zero-order chi connectivity index (χ0) is 21.3. The number of rotatable bonds is 8. The van der Waals surface area contributed by atoms with Gasteiger partial charge in [-0.1, -0.05) is 12.1 Å². The van der Waals surface area contributed by atoms with Crippen LogP contribution in [0.2, 0.25) is 0 Å². The Labute approximate surface area is 196 Å². The number of guanidine groups is 1. The molecule has 0 unspecified atom stereocenters. The minimum absolute atomic E-state index is 0. The van der Waals surface area contributed by atoms with E-state index < -0.39 is 5.60 Å². The number of hydrogen-bond donors (Lipinski definition) is 2. The molecule has 0 bridgehead atoms. The van der Waals surface area contributed by atoms with E-state index in [1.54, 1.807) is 12.0 Å². The fraction of sp³-hybridized carbons (Fsp3) is 0.619. The fourth-order valence-corrected chi connectivity index (χ4v) is 2.66. The minimum Gasteiger partial charge on any atom is -0.491 e. The number of halogens is 1. The van der Waals surface area contributed by atoms with Crippen LogP contribution in [0, 0.1) is 0 Å². The largest absolute Gasteiger partial charge is 0.491 e. The monoisotopic (exact) mass is 534 g/mol. The molecule has 8 nitrogen and oxygen atoms in total. The van der Waals surface area contributed by atoms with Gasteiger partial charge in [-0.05, 0) is 45.4 Å². The summed E-state index contributed by atoms with van der Waals surface area (Å²) in [7, 11) is 1.65. The Bertz CT molecular complexity index is 671. The van der Waals surface area contributed by atoms with Crippen LogP contribution in [0.1, 0.15) is 33.3 Å². The summed E-state index contributed by atoms with van der Waals surface area (Å²) in [5, 5.41) is 6.61.